The summed E-state index contributed by atoms with van der Waals surface area (Å²) in [7, 11) is -2.48. The summed E-state index contributed by atoms with van der Waals surface area (Å²) in [6.45, 7) is 6.76. The van der Waals surface area contributed by atoms with Gasteiger partial charge >= 0.3 is 0 Å². The highest BCUT2D eigenvalue weighted by molar-refractivity contribution is 7.89. The molecule has 4 rings (SSSR count). The molecule has 0 radical (unpaired) electrons. The van der Waals surface area contributed by atoms with Crippen molar-refractivity contribution in [3.05, 3.63) is 71.1 Å². The van der Waals surface area contributed by atoms with Crippen molar-refractivity contribution >= 4 is 27.5 Å². The number of benzene rings is 2. The first-order valence-corrected chi connectivity index (χ1v) is 15.3. The van der Waals surface area contributed by atoms with Gasteiger partial charge in [-0.2, -0.15) is 4.31 Å². The molecule has 0 bridgehead atoms. The largest absolute Gasteiger partial charge is 0.488 e. The predicted molar refractivity (Wildman–Crippen MR) is 157 cm³/mol. The lowest BCUT2D eigenvalue weighted by atomic mass is 10.0. The number of aliphatic hydroxyl groups excluding tert-OH is 1. The Balaban J connectivity index is 1.63. The number of likely N-dealkylation sites (N-methyl/N-ethyl adjacent to an activating group) is 1. The summed E-state index contributed by atoms with van der Waals surface area (Å²) in [4.78, 5) is 27.8. The van der Waals surface area contributed by atoms with Crippen LogP contribution in [0.1, 0.15) is 36.4 Å². The van der Waals surface area contributed by atoms with Gasteiger partial charge in [-0.25, -0.2) is 8.42 Å². The van der Waals surface area contributed by atoms with Gasteiger partial charge in [0.05, 0.1) is 32.0 Å². The summed E-state index contributed by atoms with van der Waals surface area (Å²) >= 11 is 0. The summed E-state index contributed by atoms with van der Waals surface area (Å²) in [5, 5.41) is 16.6. The zero-order valence-corrected chi connectivity index (χ0v) is 25.3. The van der Waals surface area contributed by atoms with E-state index in [0.29, 0.717) is 17.0 Å². The lowest BCUT2D eigenvalue weighted by Gasteiger charge is -2.33. The van der Waals surface area contributed by atoms with Crippen LogP contribution in [0.2, 0.25) is 0 Å². The van der Waals surface area contributed by atoms with Crippen molar-refractivity contribution in [2.75, 3.05) is 32.1 Å². The molecule has 3 atom stereocenters. The maximum atomic E-state index is 13.5. The van der Waals surface area contributed by atoms with Gasteiger partial charge in [0.15, 0.2) is 5.76 Å². The number of ether oxygens (including phenoxy) is 1. The first-order chi connectivity index (χ1) is 19.9. The van der Waals surface area contributed by atoms with Crippen LogP contribution in [-0.4, -0.2) is 78.6 Å². The molecule has 1 aliphatic rings. The highest BCUT2D eigenvalue weighted by Gasteiger charge is 2.35. The van der Waals surface area contributed by atoms with E-state index in [4.69, 9.17) is 9.26 Å². The van der Waals surface area contributed by atoms with E-state index in [2.05, 4.69) is 10.5 Å². The summed E-state index contributed by atoms with van der Waals surface area (Å²) in [5.74, 6) is -0.101. The van der Waals surface area contributed by atoms with Gasteiger partial charge in [0.1, 0.15) is 22.4 Å². The number of carbonyl (C=O) groups is 2. The fourth-order valence-corrected chi connectivity index (χ4v) is 6.53. The maximum absolute atomic E-state index is 13.5. The fourth-order valence-electron chi connectivity index (χ4n) is 5.06. The number of nitrogens with one attached hydrogen (secondary N) is 1. The minimum Gasteiger partial charge on any atom is -0.488 e. The van der Waals surface area contributed by atoms with Gasteiger partial charge in [-0.3, -0.25) is 9.59 Å². The van der Waals surface area contributed by atoms with E-state index in [1.165, 1.54) is 11.4 Å². The van der Waals surface area contributed by atoms with Gasteiger partial charge in [-0.05, 0) is 44.5 Å². The second-order valence-electron chi connectivity index (χ2n) is 10.9. The van der Waals surface area contributed by atoms with Crippen LogP contribution < -0.4 is 10.1 Å². The molecule has 2 heterocycles. The molecule has 42 heavy (non-hydrogen) atoms. The van der Waals surface area contributed by atoms with E-state index < -0.39 is 22.2 Å². The van der Waals surface area contributed by atoms with Gasteiger partial charge in [-0.15, -0.1) is 0 Å². The molecule has 0 fully saturated rings. The number of hydrogen-bond acceptors (Lipinski definition) is 8. The van der Waals surface area contributed by atoms with Crippen LogP contribution >= 0.6 is 0 Å². The first-order valence-electron chi connectivity index (χ1n) is 13.8. The monoisotopic (exact) mass is 598 g/mol. The molecule has 2 aromatic carbocycles. The Morgan fingerprint density at radius 2 is 1.93 bits per heavy atom. The SMILES string of the molecule is Cc1noc(C)c1S(=O)(=O)N(C)C[C@@H]1Oc2ccc(NC(=O)Cc3ccccc3)cc2CC(=O)N([C@H](C)CO)C[C@@H]1C. The number of nitrogens with zero attached hydrogens (tertiary/aromatic N) is 3. The Morgan fingerprint density at radius 1 is 1.21 bits per heavy atom. The number of amides is 2. The number of carbonyl (C=O) groups excluding carboxylic acids is 2. The quantitative estimate of drug-likeness (QED) is 0.383. The number of hydrogen-bond donors (Lipinski definition) is 2. The van der Waals surface area contributed by atoms with E-state index in [1.807, 2.05) is 37.3 Å². The van der Waals surface area contributed by atoms with Gasteiger partial charge in [0.2, 0.25) is 21.8 Å². The van der Waals surface area contributed by atoms with E-state index in [9.17, 15) is 23.1 Å². The summed E-state index contributed by atoms with van der Waals surface area (Å²) < 4.78 is 39.7. The molecule has 11 nitrogen and oxygen atoms in total. The number of aryl methyl sites for hydroxylation is 2. The number of sulfonamides is 1. The predicted octanol–water partition coefficient (Wildman–Crippen LogP) is 2.94. The minimum absolute atomic E-state index is 0.0158. The molecule has 226 valence electrons. The van der Waals surface area contributed by atoms with Crippen molar-refractivity contribution in [3.63, 3.8) is 0 Å². The number of anilines is 1. The summed E-state index contributed by atoms with van der Waals surface area (Å²) in [5.41, 5.74) is 2.19. The van der Waals surface area contributed by atoms with Crippen LogP contribution in [0.5, 0.6) is 5.75 Å². The Labute approximate surface area is 246 Å². The highest BCUT2D eigenvalue weighted by atomic mass is 32.2. The molecule has 12 heteroatoms. The summed E-state index contributed by atoms with van der Waals surface area (Å²) in [6.07, 6.45) is -0.475. The van der Waals surface area contributed by atoms with Crippen LogP contribution in [0.15, 0.2) is 57.9 Å². The number of rotatable bonds is 9. The Bertz CT molecular complexity index is 1500. The molecule has 0 saturated heterocycles. The number of aliphatic hydroxyl groups is 1. The smallest absolute Gasteiger partial charge is 0.248 e. The second kappa shape index (κ2) is 13.1. The van der Waals surface area contributed by atoms with Crippen LogP contribution in [-0.2, 0) is 32.5 Å². The molecule has 1 aliphatic heterocycles. The Morgan fingerprint density at radius 3 is 2.57 bits per heavy atom. The first kappa shape index (κ1) is 31.2. The van der Waals surface area contributed by atoms with Crippen molar-refractivity contribution in [1.82, 2.24) is 14.4 Å². The van der Waals surface area contributed by atoms with E-state index in [0.717, 1.165) is 5.56 Å². The normalized spacial score (nSPS) is 18.5. The third-order valence-corrected chi connectivity index (χ3v) is 9.55. The second-order valence-corrected chi connectivity index (χ2v) is 12.8. The van der Waals surface area contributed by atoms with E-state index in [1.54, 1.807) is 43.9 Å². The molecule has 1 aromatic heterocycles. The zero-order valence-electron chi connectivity index (χ0n) is 24.5. The Hall–Kier alpha value is -3.74. The van der Waals surface area contributed by atoms with E-state index >= 15 is 0 Å². The third kappa shape index (κ3) is 7.00. The maximum Gasteiger partial charge on any atom is 0.248 e. The zero-order chi connectivity index (χ0) is 30.6. The molecular weight excluding hydrogens is 560 g/mol. The average molecular weight is 599 g/mol. The average Bonchev–Trinajstić information content (AvgIpc) is 3.31. The minimum atomic E-state index is -3.95. The summed E-state index contributed by atoms with van der Waals surface area (Å²) in [6, 6.07) is 14.0. The molecule has 0 saturated carbocycles. The van der Waals surface area contributed by atoms with Gasteiger partial charge in [-0.1, -0.05) is 42.4 Å². The van der Waals surface area contributed by atoms with E-state index in [-0.39, 0.29) is 66.6 Å². The van der Waals surface area contributed by atoms with Crippen LogP contribution in [0.4, 0.5) is 5.69 Å². The van der Waals surface area contributed by atoms with Crippen molar-refractivity contribution < 1.29 is 32.4 Å². The van der Waals surface area contributed by atoms with Gasteiger partial charge in [0, 0.05) is 30.8 Å². The van der Waals surface area contributed by atoms with Crippen molar-refractivity contribution in [1.29, 1.82) is 0 Å². The van der Waals surface area contributed by atoms with Crippen molar-refractivity contribution in [2.24, 2.45) is 5.92 Å². The van der Waals surface area contributed by atoms with Gasteiger partial charge in [0.25, 0.3) is 0 Å². The fraction of sp³-hybridized carbons (Fsp3) is 0.433. The lowest BCUT2D eigenvalue weighted by molar-refractivity contribution is -0.134. The number of fused-ring (bicyclic) bond motifs is 1. The van der Waals surface area contributed by atoms with Crippen LogP contribution in [0.25, 0.3) is 0 Å². The van der Waals surface area contributed by atoms with Gasteiger partial charge < -0.3 is 24.6 Å². The van der Waals surface area contributed by atoms with Crippen molar-refractivity contribution in [2.45, 2.75) is 57.6 Å². The molecule has 2 N–H and O–H groups in total. The molecule has 0 aliphatic carbocycles. The lowest BCUT2D eigenvalue weighted by Crippen LogP contribution is -2.48. The van der Waals surface area contributed by atoms with Crippen LogP contribution in [0, 0.1) is 19.8 Å². The Kier molecular flexibility index (Phi) is 9.70. The molecular formula is C30H38N4O7S. The highest BCUT2D eigenvalue weighted by Crippen LogP contribution is 2.30. The third-order valence-electron chi connectivity index (χ3n) is 7.48. The molecule has 0 unspecified atom stereocenters. The standard InChI is InChI=1S/C30H38N4O7S/c1-19-16-34(20(2)18-35)29(37)15-24-14-25(31-28(36)13-23-9-7-6-8-10-23)11-12-26(24)40-27(19)17-33(5)42(38,39)30-21(3)32-41-22(30)4/h6-12,14,19-20,27,35H,13,15-18H2,1-5H3,(H,31,36)/t19-,20+,27-/m0/s1. The molecule has 0 spiro atoms. The topological polar surface area (TPSA) is 142 Å². The molecule has 2 amide bonds. The van der Waals surface area contributed by atoms with Crippen molar-refractivity contribution in [3.8, 4) is 5.75 Å². The molecule has 3 aromatic rings. The van der Waals surface area contributed by atoms with Crippen LogP contribution in [0.3, 0.4) is 0 Å². The number of aromatic nitrogens is 1.